The minimum atomic E-state index is -0.536. The number of amides is 1. The van der Waals surface area contributed by atoms with Crippen molar-refractivity contribution in [1.29, 1.82) is 0 Å². The smallest absolute Gasteiger partial charge is 0.267 e. The zero-order chi connectivity index (χ0) is 12.1. The van der Waals surface area contributed by atoms with Gasteiger partial charge in [-0.3, -0.25) is 4.79 Å². The number of primary amides is 1. The number of hydrogen-bond acceptors (Lipinski definition) is 4. The number of hydrogen-bond donors (Lipinski definition) is 2. The number of nitrogens with two attached hydrogens (primary N) is 1. The summed E-state index contributed by atoms with van der Waals surface area (Å²) in [5.41, 5.74) is 5.39. The number of nitrogens with zero attached hydrogens (tertiary/aromatic N) is 1. The van der Waals surface area contributed by atoms with Crippen LogP contribution in [0.2, 0.25) is 0 Å². The summed E-state index contributed by atoms with van der Waals surface area (Å²) in [4.78, 5) is 15.0. The Morgan fingerprint density at radius 1 is 1.53 bits per heavy atom. The number of ether oxygens (including phenoxy) is 1. The highest BCUT2D eigenvalue weighted by atomic mass is 16.5. The van der Waals surface area contributed by atoms with Gasteiger partial charge < -0.3 is 15.8 Å². The Morgan fingerprint density at radius 3 is 3.12 bits per heavy atom. The molecule has 0 aliphatic carbocycles. The Bertz CT molecular complexity index is 389. The predicted molar refractivity (Wildman–Crippen MR) is 63.9 cm³/mol. The van der Waals surface area contributed by atoms with E-state index in [-0.39, 0.29) is 5.69 Å². The van der Waals surface area contributed by atoms with Crippen LogP contribution in [-0.2, 0) is 0 Å². The van der Waals surface area contributed by atoms with Crippen molar-refractivity contribution in [2.24, 2.45) is 5.73 Å². The summed E-state index contributed by atoms with van der Waals surface area (Å²) in [5.74, 6) is -0.0834. The van der Waals surface area contributed by atoms with Crippen molar-refractivity contribution < 1.29 is 9.53 Å². The minimum Gasteiger partial charge on any atom is -0.476 e. The molecule has 1 aliphatic heterocycles. The molecule has 92 valence electrons. The minimum absolute atomic E-state index is 0.235. The fraction of sp³-hybridized carbons (Fsp3) is 0.500. The van der Waals surface area contributed by atoms with Gasteiger partial charge in [0.25, 0.3) is 5.91 Å². The standard InChI is InChI=1S/C12H17N3O2/c13-12(16)10-5-3-6-11(15-10)17-8-9-4-1-2-7-14-9/h3,5-6,9,14H,1-2,4,7-8H2,(H2,13,16). The molecule has 0 bridgehead atoms. The lowest BCUT2D eigenvalue weighted by Crippen LogP contribution is -2.38. The summed E-state index contributed by atoms with van der Waals surface area (Å²) in [6.07, 6.45) is 3.58. The van der Waals surface area contributed by atoms with Gasteiger partial charge in [-0.05, 0) is 25.5 Å². The molecule has 5 nitrogen and oxygen atoms in total. The Hall–Kier alpha value is -1.62. The number of rotatable bonds is 4. The SMILES string of the molecule is NC(=O)c1cccc(OCC2CCCCN2)n1. The maximum Gasteiger partial charge on any atom is 0.267 e. The highest BCUT2D eigenvalue weighted by Crippen LogP contribution is 2.11. The van der Waals surface area contributed by atoms with Gasteiger partial charge in [0.1, 0.15) is 12.3 Å². The van der Waals surface area contributed by atoms with Crippen molar-refractivity contribution in [2.75, 3.05) is 13.2 Å². The molecular formula is C12H17N3O2. The number of carbonyl (C=O) groups is 1. The Morgan fingerprint density at radius 2 is 2.41 bits per heavy atom. The molecule has 17 heavy (non-hydrogen) atoms. The second kappa shape index (κ2) is 5.63. The van der Waals surface area contributed by atoms with Crippen LogP contribution in [0.25, 0.3) is 0 Å². The van der Waals surface area contributed by atoms with Crippen LogP contribution in [0.15, 0.2) is 18.2 Å². The number of aromatic nitrogens is 1. The first kappa shape index (κ1) is 11.9. The van der Waals surface area contributed by atoms with Gasteiger partial charge >= 0.3 is 0 Å². The van der Waals surface area contributed by atoms with Crippen molar-refractivity contribution >= 4 is 5.91 Å². The quantitative estimate of drug-likeness (QED) is 0.805. The molecule has 1 saturated heterocycles. The van der Waals surface area contributed by atoms with Crippen LogP contribution in [0, 0.1) is 0 Å². The van der Waals surface area contributed by atoms with Gasteiger partial charge in [-0.2, -0.15) is 0 Å². The van der Waals surface area contributed by atoms with Gasteiger partial charge in [0, 0.05) is 12.1 Å². The Kier molecular flexibility index (Phi) is 3.93. The van der Waals surface area contributed by atoms with E-state index in [1.165, 1.54) is 12.8 Å². The summed E-state index contributed by atoms with van der Waals surface area (Å²) < 4.78 is 5.55. The van der Waals surface area contributed by atoms with E-state index in [1.807, 2.05) is 0 Å². The zero-order valence-corrected chi connectivity index (χ0v) is 9.69. The molecule has 1 fully saturated rings. The largest absolute Gasteiger partial charge is 0.476 e. The number of piperidine rings is 1. The van der Waals surface area contributed by atoms with E-state index in [1.54, 1.807) is 18.2 Å². The third-order valence-corrected chi connectivity index (χ3v) is 2.82. The average molecular weight is 235 g/mol. The number of carbonyl (C=O) groups excluding carboxylic acids is 1. The Balaban J connectivity index is 1.89. The zero-order valence-electron chi connectivity index (χ0n) is 9.69. The lowest BCUT2D eigenvalue weighted by molar-refractivity contribution is 0.0994. The van der Waals surface area contributed by atoms with Crippen molar-refractivity contribution in [3.8, 4) is 5.88 Å². The van der Waals surface area contributed by atoms with Crippen LogP contribution in [0.4, 0.5) is 0 Å². The molecule has 0 aromatic carbocycles. The predicted octanol–water partition coefficient (Wildman–Crippen LogP) is 0.701. The van der Waals surface area contributed by atoms with Crippen molar-refractivity contribution in [3.63, 3.8) is 0 Å². The summed E-state index contributed by atoms with van der Waals surface area (Å²) in [7, 11) is 0. The van der Waals surface area contributed by atoms with E-state index in [9.17, 15) is 4.79 Å². The molecule has 1 atom stereocenters. The summed E-state index contributed by atoms with van der Waals surface area (Å²) >= 11 is 0. The normalized spacial score (nSPS) is 19.9. The topological polar surface area (TPSA) is 77.2 Å². The molecule has 3 N–H and O–H groups in total. The number of pyridine rings is 1. The Labute approximate surface area is 100 Å². The lowest BCUT2D eigenvalue weighted by atomic mass is 10.1. The first-order valence-electron chi connectivity index (χ1n) is 5.89. The molecule has 1 aromatic heterocycles. The van der Waals surface area contributed by atoms with Gasteiger partial charge in [0.2, 0.25) is 5.88 Å². The second-order valence-electron chi connectivity index (χ2n) is 4.18. The molecule has 0 radical (unpaired) electrons. The summed E-state index contributed by atoms with van der Waals surface area (Å²) in [5, 5.41) is 3.38. The van der Waals surface area contributed by atoms with Gasteiger partial charge in [-0.15, -0.1) is 0 Å². The monoisotopic (exact) mass is 235 g/mol. The van der Waals surface area contributed by atoms with E-state index in [2.05, 4.69) is 10.3 Å². The van der Waals surface area contributed by atoms with Crippen LogP contribution in [0.3, 0.4) is 0 Å². The fourth-order valence-corrected chi connectivity index (χ4v) is 1.88. The third-order valence-electron chi connectivity index (χ3n) is 2.82. The summed E-state index contributed by atoms with van der Waals surface area (Å²) in [6, 6.07) is 5.41. The highest BCUT2D eigenvalue weighted by molar-refractivity contribution is 5.90. The molecular weight excluding hydrogens is 218 g/mol. The molecule has 2 heterocycles. The fourth-order valence-electron chi connectivity index (χ4n) is 1.88. The first-order chi connectivity index (χ1) is 8.25. The molecule has 2 rings (SSSR count). The number of nitrogens with one attached hydrogen (secondary N) is 1. The average Bonchev–Trinajstić information content (AvgIpc) is 2.38. The molecule has 1 amide bonds. The van der Waals surface area contributed by atoms with Gasteiger partial charge in [0.05, 0.1) is 0 Å². The van der Waals surface area contributed by atoms with Crippen LogP contribution in [0.5, 0.6) is 5.88 Å². The van der Waals surface area contributed by atoms with Gasteiger partial charge in [0.15, 0.2) is 0 Å². The van der Waals surface area contributed by atoms with Crippen LogP contribution >= 0.6 is 0 Å². The molecule has 1 aliphatic rings. The first-order valence-corrected chi connectivity index (χ1v) is 5.89. The van der Waals surface area contributed by atoms with Gasteiger partial charge in [-0.25, -0.2) is 4.98 Å². The second-order valence-corrected chi connectivity index (χ2v) is 4.18. The maximum atomic E-state index is 11.0. The lowest BCUT2D eigenvalue weighted by Gasteiger charge is -2.23. The van der Waals surface area contributed by atoms with Crippen LogP contribution < -0.4 is 15.8 Å². The van der Waals surface area contributed by atoms with E-state index >= 15 is 0 Å². The van der Waals surface area contributed by atoms with Crippen molar-refractivity contribution in [3.05, 3.63) is 23.9 Å². The maximum absolute atomic E-state index is 11.0. The molecule has 0 saturated carbocycles. The van der Waals surface area contributed by atoms with Gasteiger partial charge in [-0.1, -0.05) is 12.5 Å². The van der Waals surface area contributed by atoms with E-state index in [0.717, 1.165) is 13.0 Å². The van der Waals surface area contributed by atoms with Crippen molar-refractivity contribution in [2.45, 2.75) is 25.3 Å². The highest BCUT2D eigenvalue weighted by Gasteiger charge is 2.13. The summed E-state index contributed by atoms with van der Waals surface area (Å²) in [6.45, 7) is 1.62. The van der Waals surface area contributed by atoms with E-state index < -0.39 is 5.91 Å². The van der Waals surface area contributed by atoms with Crippen LogP contribution in [0.1, 0.15) is 29.8 Å². The molecule has 1 aromatic rings. The van der Waals surface area contributed by atoms with E-state index in [0.29, 0.717) is 18.5 Å². The van der Waals surface area contributed by atoms with Crippen molar-refractivity contribution in [1.82, 2.24) is 10.3 Å². The third kappa shape index (κ3) is 3.42. The molecule has 0 spiro atoms. The molecule has 1 unspecified atom stereocenters. The van der Waals surface area contributed by atoms with E-state index in [4.69, 9.17) is 10.5 Å². The molecule has 5 heteroatoms. The van der Waals surface area contributed by atoms with Crippen LogP contribution in [-0.4, -0.2) is 30.1 Å².